The first kappa shape index (κ1) is 12.5. The van der Waals surface area contributed by atoms with Gasteiger partial charge in [-0.1, -0.05) is 0 Å². The molecular weight excluding hydrogens is 256 g/mol. The lowest BCUT2D eigenvalue weighted by Crippen LogP contribution is -1.94. The van der Waals surface area contributed by atoms with E-state index in [1.807, 2.05) is 6.07 Å². The molecule has 0 radical (unpaired) electrons. The van der Waals surface area contributed by atoms with Crippen LogP contribution in [-0.2, 0) is 0 Å². The Morgan fingerprint density at radius 1 is 1.22 bits per heavy atom. The fourth-order valence-electron chi connectivity index (χ4n) is 1.30. The van der Waals surface area contributed by atoms with Crippen molar-refractivity contribution in [2.75, 3.05) is 0 Å². The fraction of sp³-hybridized carbons (Fsp3) is 0.0833. The molecule has 2 aromatic rings. The van der Waals surface area contributed by atoms with E-state index in [-0.39, 0.29) is 15.7 Å². The Morgan fingerprint density at radius 2 is 2.00 bits per heavy atom. The van der Waals surface area contributed by atoms with Gasteiger partial charge < -0.3 is 0 Å². The highest BCUT2D eigenvalue weighted by Crippen LogP contribution is 2.28. The molecule has 0 bridgehead atoms. The van der Waals surface area contributed by atoms with Gasteiger partial charge in [-0.25, -0.2) is 18.7 Å². The first-order valence-electron chi connectivity index (χ1n) is 4.97. The van der Waals surface area contributed by atoms with Gasteiger partial charge in [0.15, 0.2) is 5.16 Å². The average molecular weight is 263 g/mol. The largest absolute Gasteiger partial charge is 0.228 e. The Morgan fingerprint density at radius 3 is 2.72 bits per heavy atom. The van der Waals surface area contributed by atoms with Crippen molar-refractivity contribution in [3.8, 4) is 6.07 Å². The minimum absolute atomic E-state index is 0.0875. The van der Waals surface area contributed by atoms with Crippen molar-refractivity contribution in [2.24, 2.45) is 0 Å². The molecule has 0 aliphatic rings. The van der Waals surface area contributed by atoms with E-state index in [9.17, 15) is 8.78 Å². The lowest BCUT2D eigenvalue weighted by Gasteiger charge is -2.03. The molecule has 6 heteroatoms. The number of hydrogen-bond acceptors (Lipinski definition) is 4. The molecule has 0 atom stereocenters. The quantitative estimate of drug-likeness (QED) is 0.781. The van der Waals surface area contributed by atoms with E-state index in [0.29, 0.717) is 5.69 Å². The lowest BCUT2D eigenvalue weighted by atomic mass is 10.3. The van der Waals surface area contributed by atoms with Crippen LogP contribution in [-0.4, -0.2) is 9.97 Å². The molecule has 90 valence electrons. The summed E-state index contributed by atoms with van der Waals surface area (Å²) in [5.74, 6) is -1.09. The zero-order valence-electron chi connectivity index (χ0n) is 9.32. The van der Waals surface area contributed by atoms with E-state index >= 15 is 0 Å². The molecule has 0 N–H and O–H groups in total. The summed E-state index contributed by atoms with van der Waals surface area (Å²) in [6.07, 6.45) is 0. The monoisotopic (exact) mass is 263 g/mol. The normalized spacial score (nSPS) is 10.1. The van der Waals surface area contributed by atoms with Crippen molar-refractivity contribution in [2.45, 2.75) is 17.0 Å². The molecule has 3 nitrogen and oxygen atoms in total. The van der Waals surface area contributed by atoms with Crippen molar-refractivity contribution in [3.05, 3.63) is 47.3 Å². The molecule has 0 saturated carbocycles. The van der Waals surface area contributed by atoms with Gasteiger partial charge in [0.1, 0.15) is 23.4 Å². The lowest BCUT2D eigenvalue weighted by molar-refractivity contribution is 0.577. The zero-order chi connectivity index (χ0) is 13.1. The second-order valence-electron chi connectivity index (χ2n) is 3.47. The number of aromatic nitrogens is 2. The summed E-state index contributed by atoms with van der Waals surface area (Å²) < 4.78 is 26.4. The molecule has 0 fully saturated rings. The number of nitrogens with zero attached hydrogens (tertiary/aromatic N) is 3. The summed E-state index contributed by atoms with van der Waals surface area (Å²) >= 11 is 0.884. The van der Waals surface area contributed by atoms with Crippen molar-refractivity contribution in [3.63, 3.8) is 0 Å². The maximum atomic E-state index is 13.4. The van der Waals surface area contributed by atoms with Crippen molar-refractivity contribution < 1.29 is 8.78 Å². The van der Waals surface area contributed by atoms with Crippen molar-refractivity contribution in [1.29, 1.82) is 5.26 Å². The molecule has 1 aromatic carbocycles. The molecule has 0 aliphatic carbocycles. The molecule has 0 spiro atoms. The molecule has 2 rings (SSSR count). The van der Waals surface area contributed by atoms with Crippen molar-refractivity contribution in [1.82, 2.24) is 9.97 Å². The highest BCUT2D eigenvalue weighted by Gasteiger charge is 2.09. The van der Waals surface area contributed by atoms with Gasteiger partial charge >= 0.3 is 0 Å². The van der Waals surface area contributed by atoms with Crippen LogP contribution in [0.25, 0.3) is 0 Å². The van der Waals surface area contributed by atoms with Crippen LogP contribution < -0.4 is 0 Å². The highest BCUT2D eigenvalue weighted by atomic mass is 32.2. The maximum Gasteiger partial charge on any atom is 0.194 e. The van der Waals surface area contributed by atoms with Gasteiger partial charge in [0.25, 0.3) is 0 Å². The molecule has 0 unspecified atom stereocenters. The number of nitriles is 1. The van der Waals surface area contributed by atoms with Crippen LogP contribution in [0.2, 0.25) is 0 Å². The van der Waals surface area contributed by atoms with Gasteiger partial charge in [0, 0.05) is 5.69 Å². The van der Waals surface area contributed by atoms with Gasteiger partial charge in [-0.15, -0.1) is 0 Å². The van der Waals surface area contributed by atoms with Gasteiger partial charge in [0.05, 0.1) is 4.90 Å². The zero-order valence-corrected chi connectivity index (χ0v) is 10.1. The van der Waals surface area contributed by atoms with Crippen LogP contribution in [0.15, 0.2) is 34.3 Å². The van der Waals surface area contributed by atoms with E-state index in [4.69, 9.17) is 5.26 Å². The second kappa shape index (κ2) is 5.10. The summed E-state index contributed by atoms with van der Waals surface area (Å²) in [5, 5.41) is 8.99. The third-order valence-electron chi connectivity index (χ3n) is 2.04. The minimum Gasteiger partial charge on any atom is -0.228 e. The third kappa shape index (κ3) is 2.81. The number of benzene rings is 1. The van der Waals surface area contributed by atoms with E-state index in [0.717, 1.165) is 30.0 Å². The molecule has 0 saturated heterocycles. The van der Waals surface area contributed by atoms with Crippen LogP contribution in [0, 0.1) is 29.9 Å². The molecule has 18 heavy (non-hydrogen) atoms. The highest BCUT2D eigenvalue weighted by molar-refractivity contribution is 7.99. The van der Waals surface area contributed by atoms with E-state index < -0.39 is 11.6 Å². The molecular formula is C12H7F2N3S. The number of rotatable bonds is 2. The Balaban J connectivity index is 2.37. The van der Waals surface area contributed by atoms with Crippen LogP contribution in [0.3, 0.4) is 0 Å². The topological polar surface area (TPSA) is 49.6 Å². The SMILES string of the molecule is Cc1cc(C#N)nc(Sc2cc(F)ccc2F)n1. The summed E-state index contributed by atoms with van der Waals surface area (Å²) in [5.41, 5.74) is 0.794. The summed E-state index contributed by atoms with van der Waals surface area (Å²) in [4.78, 5) is 8.07. The van der Waals surface area contributed by atoms with Crippen LogP contribution >= 0.6 is 11.8 Å². The second-order valence-corrected chi connectivity index (χ2v) is 4.47. The smallest absolute Gasteiger partial charge is 0.194 e. The Bertz CT molecular complexity index is 638. The van der Waals surface area contributed by atoms with E-state index in [1.54, 1.807) is 6.92 Å². The molecule has 1 aromatic heterocycles. The van der Waals surface area contributed by atoms with Gasteiger partial charge in [-0.05, 0) is 43.0 Å². The fourth-order valence-corrected chi connectivity index (χ4v) is 2.17. The van der Waals surface area contributed by atoms with Crippen LogP contribution in [0.4, 0.5) is 8.78 Å². The summed E-state index contributed by atoms with van der Waals surface area (Å²) in [6.45, 7) is 1.70. The Kier molecular flexibility index (Phi) is 3.53. The van der Waals surface area contributed by atoms with Gasteiger partial charge in [-0.3, -0.25) is 0 Å². The molecule has 0 amide bonds. The van der Waals surface area contributed by atoms with Crippen LogP contribution in [0.1, 0.15) is 11.4 Å². The average Bonchev–Trinajstić information content (AvgIpc) is 2.33. The third-order valence-corrected chi connectivity index (χ3v) is 2.94. The molecule has 0 aliphatic heterocycles. The number of aryl methyl sites for hydroxylation is 1. The molecule has 1 heterocycles. The van der Waals surface area contributed by atoms with E-state index in [1.165, 1.54) is 6.07 Å². The predicted octanol–water partition coefficient (Wildman–Crippen LogP) is 3.09. The van der Waals surface area contributed by atoms with Gasteiger partial charge in [-0.2, -0.15) is 5.26 Å². The number of hydrogen-bond donors (Lipinski definition) is 0. The summed E-state index contributed by atoms with van der Waals surface area (Å²) in [7, 11) is 0. The summed E-state index contributed by atoms with van der Waals surface area (Å²) in [6, 6.07) is 6.55. The van der Waals surface area contributed by atoms with Crippen LogP contribution in [0.5, 0.6) is 0 Å². The predicted molar refractivity (Wildman–Crippen MR) is 62.0 cm³/mol. The van der Waals surface area contributed by atoms with Crippen molar-refractivity contribution >= 4 is 11.8 Å². The minimum atomic E-state index is -0.551. The maximum absolute atomic E-state index is 13.4. The Labute approximate surface area is 107 Å². The standard InChI is InChI=1S/C12H7F2N3S/c1-7-4-9(6-15)17-12(16-7)18-11-5-8(13)2-3-10(11)14/h2-5H,1H3. The first-order chi connectivity index (χ1) is 8.58. The van der Waals surface area contributed by atoms with E-state index in [2.05, 4.69) is 9.97 Å². The first-order valence-corrected chi connectivity index (χ1v) is 5.79. The number of halogens is 2. The van der Waals surface area contributed by atoms with Gasteiger partial charge in [0.2, 0.25) is 0 Å². The Hall–Kier alpha value is -2.00.